The number of hydrogen-bond donors (Lipinski definition) is 2. The van der Waals surface area contributed by atoms with Gasteiger partial charge in [-0.15, -0.1) is 0 Å². The topological polar surface area (TPSA) is 49.3 Å². The van der Waals surface area contributed by atoms with Gasteiger partial charge < -0.3 is 0 Å². The molecule has 11 heavy (non-hydrogen) atoms. The van der Waals surface area contributed by atoms with Gasteiger partial charge in [0, 0.05) is 5.41 Å². The van der Waals surface area contributed by atoms with Gasteiger partial charge in [-0.25, -0.2) is 5.48 Å². The summed E-state index contributed by atoms with van der Waals surface area (Å²) in [6.45, 7) is 5.73. The predicted octanol–water partition coefficient (Wildman–Crippen LogP) is 1.71. The van der Waals surface area contributed by atoms with Crippen LogP contribution in [0.1, 0.15) is 40.0 Å². The molecule has 0 aromatic rings. The van der Waals surface area contributed by atoms with Crippen molar-refractivity contribution in [3.63, 3.8) is 0 Å². The van der Waals surface area contributed by atoms with Crippen molar-refractivity contribution in [2.24, 2.45) is 5.41 Å². The van der Waals surface area contributed by atoms with Gasteiger partial charge in [0.25, 0.3) is 0 Å². The molecule has 66 valence electrons. The lowest BCUT2D eigenvalue weighted by Crippen LogP contribution is -2.34. The number of amides is 1. The Morgan fingerprint density at radius 3 is 2.45 bits per heavy atom. The molecule has 0 fully saturated rings. The summed E-state index contributed by atoms with van der Waals surface area (Å²) in [6, 6.07) is 0. The maximum atomic E-state index is 11.0. The van der Waals surface area contributed by atoms with Crippen molar-refractivity contribution in [1.29, 1.82) is 0 Å². The molecule has 0 unspecified atom stereocenters. The molecule has 0 radical (unpaired) electrons. The van der Waals surface area contributed by atoms with E-state index in [1.54, 1.807) is 5.48 Å². The van der Waals surface area contributed by atoms with Crippen molar-refractivity contribution < 1.29 is 10.0 Å². The maximum Gasteiger partial charge on any atom is 0.248 e. The van der Waals surface area contributed by atoms with Crippen LogP contribution in [0.3, 0.4) is 0 Å². The molecule has 0 saturated carbocycles. The zero-order valence-corrected chi connectivity index (χ0v) is 7.48. The molecule has 0 rings (SSSR count). The molecular weight excluding hydrogens is 142 g/mol. The van der Waals surface area contributed by atoms with Gasteiger partial charge in [0.05, 0.1) is 0 Å². The normalized spacial score (nSPS) is 11.3. The standard InChI is InChI=1S/C8H17NO2/c1-4-5-6-8(2,3)7(10)9-11/h11H,4-6H2,1-3H3,(H,9,10). The number of hydroxylamine groups is 1. The number of carbonyl (C=O) groups excluding carboxylic acids is 1. The molecule has 0 aliphatic heterocycles. The Morgan fingerprint density at radius 1 is 1.55 bits per heavy atom. The van der Waals surface area contributed by atoms with Crippen molar-refractivity contribution >= 4 is 5.91 Å². The first-order chi connectivity index (χ1) is 5.04. The Labute approximate surface area is 67.8 Å². The van der Waals surface area contributed by atoms with E-state index in [0.29, 0.717) is 0 Å². The summed E-state index contributed by atoms with van der Waals surface area (Å²) in [7, 11) is 0. The van der Waals surface area contributed by atoms with Crippen LogP contribution in [0.2, 0.25) is 0 Å². The van der Waals surface area contributed by atoms with Gasteiger partial charge in [-0.3, -0.25) is 10.0 Å². The maximum absolute atomic E-state index is 11.0. The van der Waals surface area contributed by atoms with E-state index < -0.39 is 5.41 Å². The van der Waals surface area contributed by atoms with Gasteiger partial charge >= 0.3 is 0 Å². The lowest BCUT2D eigenvalue weighted by molar-refractivity contribution is -0.138. The summed E-state index contributed by atoms with van der Waals surface area (Å²) < 4.78 is 0. The highest BCUT2D eigenvalue weighted by atomic mass is 16.5. The minimum atomic E-state index is -0.440. The molecule has 0 aromatic carbocycles. The van der Waals surface area contributed by atoms with E-state index in [4.69, 9.17) is 5.21 Å². The predicted molar refractivity (Wildman–Crippen MR) is 43.2 cm³/mol. The average molecular weight is 159 g/mol. The summed E-state index contributed by atoms with van der Waals surface area (Å²) in [5.74, 6) is -0.300. The molecule has 3 nitrogen and oxygen atoms in total. The van der Waals surface area contributed by atoms with E-state index in [0.717, 1.165) is 19.3 Å². The van der Waals surface area contributed by atoms with Crippen LogP contribution in [0.25, 0.3) is 0 Å². The smallest absolute Gasteiger partial charge is 0.248 e. The largest absolute Gasteiger partial charge is 0.289 e. The van der Waals surface area contributed by atoms with Crippen molar-refractivity contribution in [2.75, 3.05) is 0 Å². The van der Waals surface area contributed by atoms with E-state index in [9.17, 15) is 4.79 Å². The molecule has 0 aliphatic rings. The van der Waals surface area contributed by atoms with E-state index in [1.165, 1.54) is 0 Å². The summed E-state index contributed by atoms with van der Waals surface area (Å²) in [5.41, 5.74) is 1.24. The molecular formula is C8H17NO2. The lowest BCUT2D eigenvalue weighted by atomic mass is 9.86. The number of unbranched alkanes of at least 4 members (excludes halogenated alkanes) is 1. The molecule has 2 N–H and O–H groups in total. The second kappa shape index (κ2) is 4.34. The van der Waals surface area contributed by atoms with Crippen LogP contribution in [0.15, 0.2) is 0 Å². The van der Waals surface area contributed by atoms with E-state index >= 15 is 0 Å². The molecule has 0 aromatic heterocycles. The fourth-order valence-corrected chi connectivity index (χ4v) is 0.884. The summed E-state index contributed by atoms with van der Waals surface area (Å²) in [5, 5.41) is 8.37. The second-order valence-corrected chi connectivity index (χ2v) is 3.43. The molecule has 0 saturated heterocycles. The summed E-state index contributed by atoms with van der Waals surface area (Å²) in [6.07, 6.45) is 2.90. The Balaban J connectivity index is 3.88. The molecule has 0 bridgehead atoms. The quantitative estimate of drug-likeness (QED) is 0.484. The Bertz CT molecular complexity index is 132. The number of nitrogens with one attached hydrogen (secondary N) is 1. The number of hydrogen-bond acceptors (Lipinski definition) is 2. The third kappa shape index (κ3) is 3.37. The molecule has 0 aliphatic carbocycles. The Kier molecular flexibility index (Phi) is 4.11. The van der Waals surface area contributed by atoms with Crippen molar-refractivity contribution in [3.8, 4) is 0 Å². The van der Waals surface area contributed by atoms with Crippen LogP contribution in [-0.4, -0.2) is 11.1 Å². The second-order valence-electron chi connectivity index (χ2n) is 3.43. The molecule has 3 heteroatoms. The highest BCUT2D eigenvalue weighted by Crippen LogP contribution is 2.22. The number of carbonyl (C=O) groups is 1. The minimum Gasteiger partial charge on any atom is -0.289 e. The van der Waals surface area contributed by atoms with Crippen LogP contribution in [0, 0.1) is 5.41 Å². The highest BCUT2D eigenvalue weighted by molar-refractivity contribution is 5.80. The van der Waals surface area contributed by atoms with Gasteiger partial charge in [-0.05, 0) is 6.42 Å². The van der Waals surface area contributed by atoms with Crippen molar-refractivity contribution in [3.05, 3.63) is 0 Å². The van der Waals surface area contributed by atoms with Crippen LogP contribution in [0.5, 0.6) is 0 Å². The Morgan fingerprint density at radius 2 is 2.09 bits per heavy atom. The van der Waals surface area contributed by atoms with E-state index in [2.05, 4.69) is 6.92 Å². The minimum absolute atomic E-state index is 0.300. The molecule has 0 heterocycles. The third-order valence-corrected chi connectivity index (χ3v) is 1.87. The fourth-order valence-electron chi connectivity index (χ4n) is 0.884. The molecule has 0 spiro atoms. The zero-order chi connectivity index (χ0) is 8.91. The monoisotopic (exact) mass is 159 g/mol. The van der Waals surface area contributed by atoms with Gasteiger partial charge in [0.2, 0.25) is 5.91 Å². The summed E-state index contributed by atoms with van der Waals surface area (Å²) in [4.78, 5) is 11.0. The third-order valence-electron chi connectivity index (χ3n) is 1.87. The molecule has 1 amide bonds. The van der Waals surface area contributed by atoms with Crippen LogP contribution < -0.4 is 5.48 Å². The first-order valence-corrected chi connectivity index (χ1v) is 3.99. The van der Waals surface area contributed by atoms with Gasteiger partial charge in [0.15, 0.2) is 0 Å². The highest BCUT2D eigenvalue weighted by Gasteiger charge is 2.25. The van der Waals surface area contributed by atoms with E-state index in [1.807, 2.05) is 13.8 Å². The van der Waals surface area contributed by atoms with Crippen molar-refractivity contribution in [2.45, 2.75) is 40.0 Å². The first-order valence-electron chi connectivity index (χ1n) is 3.99. The Hall–Kier alpha value is -0.570. The van der Waals surface area contributed by atoms with Crippen LogP contribution >= 0.6 is 0 Å². The van der Waals surface area contributed by atoms with Crippen LogP contribution in [0.4, 0.5) is 0 Å². The molecule has 0 atom stereocenters. The zero-order valence-electron chi connectivity index (χ0n) is 7.48. The fraction of sp³-hybridized carbons (Fsp3) is 0.875. The SMILES string of the molecule is CCCCC(C)(C)C(=O)NO. The number of rotatable bonds is 4. The van der Waals surface area contributed by atoms with Gasteiger partial charge in [-0.2, -0.15) is 0 Å². The van der Waals surface area contributed by atoms with E-state index in [-0.39, 0.29) is 5.91 Å². The van der Waals surface area contributed by atoms with Gasteiger partial charge in [-0.1, -0.05) is 33.6 Å². The lowest BCUT2D eigenvalue weighted by Gasteiger charge is -2.20. The van der Waals surface area contributed by atoms with Gasteiger partial charge in [0.1, 0.15) is 0 Å². The first kappa shape index (κ1) is 10.4. The van der Waals surface area contributed by atoms with Crippen LogP contribution in [-0.2, 0) is 4.79 Å². The van der Waals surface area contributed by atoms with Crippen molar-refractivity contribution in [1.82, 2.24) is 5.48 Å². The average Bonchev–Trinajstić information content (AvgIpc) is 1.99. The summed E-state index contributed by atoms with van der Waals surface area (Å²) >= 11 is 0.